The number of hydrogen-bond acceptors (Lipinski definition) is 3. The average molecular weight is 304 g/mol. The van der Waals surface area contributed by atoms with Gasteiger partial charge >= 0.3 is 0 Å². The van der Waals surface area contributed by atoms with E-state index in [1.807, 2.05) is 6.07 Å². The van der Waals surface area contributed by atoms with Gasteiger partial charge < -0.3 is 0 Å². The maximum Gasteiger partial charge on any atom is 0.238 e. The highest BCUT2D eigenvalue weighted by molar-refractivity contribution is 6.23. The number of allylic oxidation sites excluding steroid dienone is 4. The molecule has 4 rings (SSSR count). The summed E-state index contributed by atoms with van der Waals surface area (Å²) in [4.78, 5) is 27.1. The van der Waals surface area contributed by atoms with Crippen LogP contribution in [0.3, 0.4) is 0 Å². The van der Waals surface area contributed by atoms with Gasteiger partial charge in [-0.15, -0.1) is 0 Å². The fourth-order valence-corrected chi connectivity index (χ4v) is 4.37. The molecule has 3 aliphatic rings. The van der Waals surface area contributed by atoms with E-state index in [9.17, 15) is 9.59 Å². The summed E-state index contributed by atoms with van der Waals surface area (Å²) >= 11 is 0. The highest BCUT2D eigenvalue weighted by Crippen LogP contribution is 2.57. The molecule has 4 heteroatoms. The van der Waals surface area contributed by atoms with Crippen LogP contribution in [0.2, 0.25) is 0 Å². The molecule has 2 fully saturated rings. The van der Waals surface area contributed by atoms with Gasteiger partial charge in [-0.2, -0.15) is 5.26 Å². The summed E-state index contributed by atoms with van der Waals surface area (Å²) in [5, 5.41) is 8.88. The minimum atomic E-state index is -0.266. The van der Waals surface area contributed by atoms with E-state index in [1.54, 1.807) is 24.3 Å². The van der Waals surface area contributed by atoms with Crippen molar-refractivity contribution in [3.8, 4) is 6.07 Å². The molecule has 0 radical (unpaired) electrons. The van der Waals surface area contributed by atoms with E-state index in [2.05, 4.69) is 26.0 Å². The Morgan fingerprint density at radius 3 is 1.96 bits per heavy atom. The molecule has 1 aromatic carbocycles. The number of nitriles is 1. The lowest BCUT2D eigenvalue weighted by Crippen LogP contribution is -2.33. The Balaban J connectivity index is 1.74. The van der Waals surface area contributed by atoms with Gasteiger partial charge in [0.15, 0.2) is 0 Å². The van der Waals surface area contributed by atoms with Gasteiger partial charge in [0.1, 0.15) is 0 Å². The van der Waals surface area contributed by atoms with Gasteiger partial charge in [-0.3, -0.25) is 9.59 Å². The zero-order valence-corrected chi connectivity index (χ0v) is 13.0. The lowest BCUT2D eigenvalue weighted by atomic mass is 9.85. The summed E-state index contributed by atoms with van der Waals surface area (Å²) in [6, 6.07) is 8.67. The molecule has 0 aromatic heterocycles. The Morgan fingerprint density at radius 1 is 1.00 bits per heavy atom. The molecule has 1 saturated heterocycles. The summed E-state index contributed by atoms with van der Waals surface area (Å²) in [6.07, 6.45) is 4.17. The summed E-state index contributed by atoms with van der Waals surface area (Å²) in [6.45, 7) is 4.10. The molecule has 0 N–H and O–H groups in total. The van der Waals surface area contributed by atoms with E-state index >= 15 is 0 Å². The molecule has 4 nitrogen and oxygen atoms in total. The summed E-state index contributed by atoms with van der Waals surface area (Å²) < 4.78 is 0. The van der Waals surface area contributed by atoms with Crippen molar-refractivity contribution in [1.29, 1.82) is 5.26 Å². The van der Waals surface area contributed by atoms with Crippen LogP contribution in [0, 0.1) is 35.0 Å². The fraction of sp³-hybridized carbons (Fsp3) is 0.316. The number of benzene rings is 1. The van der Waals surface area contributed by atoms with Crippen molar-refractivity contribution in [2.75, 3.05) is 4.90 Å². The summed E-state index contributed by atoms with van der Waals surface area (Å²) in [5.74, 6) is -0.624. The third kappa shape index (κ3) is 1.71. The number of imide groups is 1. The zero-order chi connectivity index (χ0) is 16.3. The van der Waals surface area contributed by atoms with E-state index in [0.717, 1.165) is 0 Å². The molecule has 4 unspecified atom stereocenters. The minimum Gasteiger partial charge on any atom is -0.274 e. The van der Waals surface area contributed by atoms with E-state index in [0.29, 0.717) is 11.3 Å². The molecule has 2 amide bonds. The molecular formula is C19H16N2O2. The lowest BCUT2D eigenvalue weighted by molar-refractivity contribution is -0.122. The molecule has 2 bridgehead atoms. The SMILES string of the molecule is CC(C)=C1C2C=CC1C1C(=O)N(c3ccc(C#N)cc3)C(=O)C21. The number of anilines is 1. The van der Waals surface area contributed by atoms with E-state index in [1.165, 1.54) is 16.0 Å². The van der Waals surface area contributed by atoms with Gasteiger partial charge in [-0.1, -0.05) is 23.3 Å². The second-order valence-corrected chi connectivity index (χ2v) is 6.61. The molecule has 2 aliphatic carbocycles. The first-order valence-electron chi connectivity index (χ1n) is 7.78. The van der Waals surface area contributed by atoms with Crippen molar-refractivity contribution in [2.24, 2.45) is 23.7 Å². The van der Waals surface area contributed by atoms with E-state index in [-0.39, 0.29) is 35.5 Å². The average Bonchev–Trinajstić information content (AvgIpc) is 3.18. The zero-order valence-electron chi connectivity index (χ0n) is 13.0. The summed E-state index contributed by atoms with van der Waals surface area (Å²) in [5.41, 5.74) is 3.54. The maximum atomic E-state index is 12.9. The maximum absolute atomic E-state index is 12.9. The van der Waals surface area contributed by atoms with Gasteiger partial charge in [-0.05, 0) is 38.1 Å². The first kappa shape index (κ1) is 14.0. The Hall–Kier alpha value is -2.67. The largest absolute Gasteiger partial charge is 0.274 e. The molecule has 1 heterocycles. The van der Waals surface area contributed by atoms with Gasteiger partial charge in [0.25, 0.3) is 0 Å². The smallest absolute Gasteiger partial charge is 0.238 e. The van der Waals surface area contributed by atoms with Crippen molar-refractivity contribution >= 4 is 17.5 Å². The number of carbonyl (C=O) groups is 2. The lowest BCUT2D eigenvalue weighted by Gasteiger charge is -2.19. The molecule has 1 saturated carbocycles. The van der Waals surface area contributed by atoms with Crippen LogP contribution in [0.15, 0.2) is 47.6 Å². The normalized spacial score (nSPS) is 30.8. The topological polar surface area (TPSA) is 61.2 Å². The number of hydrogen-bond donors (Lipinski definition) is 0. The second-order valence-electron chi connectivity index (χ2n) is 6.61. The molecule has 1 aromatic rings. The van der Waals surface area contributed by atoms with Crippen molar-refractivity contribution in [3.63, 3.8) is 0 Å². The second kappa shape index (κ2) is 4.66. The standard InChI is InChI=1S/C19H16N2O2/c1-10(2)15-13-7-8-14(15)17-16(13)18(22)21(19(17)23)12-5-3-11(9-20)4-6-12/h3-8,13-14,16-17H,1-2H3. The number of carbonyl (C=O) groups excluding carboxylic acids is 2. The van der Waals surface area contributed by atoms with Crippen LogP contribution in [-0.4, -0.2) is 11.8 Å². The fourth-order valence-electron chi connectivity index (χ4n) is 4.37. The molecular weight excluding hydrogens is 288 g/mol. The van der Waals surface area contributed by atoms with Crippen LogP contribution in [0.5, 0.6) is 0 Å². The molecule has 23 heavy (non-hydrogen) atoms. The predicted octanol–water partition coefficient (Wildman–Crippen LogP) is 2.82. The van der Waals surface area contributed by atoms with Crippen molar-refractivity contribution in [1.82, 2.24) is 0 Å². The van der Waals surface area contributed by atoms with Crippen molar-refractivity contribution in [2.45, 2.75) is 13.8 Å². The van der Waals surface area contributed by atoms with Crippen LogP contribution >= 0.6 is 0 Å². The monoisotopic (exact) mass is 304 g/mol. The third-order valence-corrected chi connectivity index (χ3v) is 5.25. The Kier molecular flexibility index (Phi) is 2.83. The first-order chi connectivity index (χ1) is 11.0. The number of fused-ring (bicyclic) bond motifs is 5. The first-order valence-corrected chi connectivity index (χ1v) is 7.78. The van der Waals surface area contributed by atoms with Gasteiger partial charge in [0.2, 0.25) is 11.8 Å². The van der Waals surface area contributed by atoms with E-state index < -0.39 is 0 Å². The van der Waals surface area contributed by atoms with Gasteiger partial charge in [0, 0.05) is 11.8 Å². The highest BCUT2D eigenvalue weighted by Gasteiger charge is 2.61. The Bertz CT molecular complexity index is 788. The predicted molar refractivity (Wildman–Crippen MR) is 85.1 cm³/mol. The van der Waals surface area contributed by atoms with Crippen molar-refractivity contribution < 1.29 is 9.59 Å². The summed E-state index contributed by atoms with van der Waals surface area (Å²) in [7, 11) is 0. The number of nitrogens with zero attached hydrogens (tertiary/aromatic N) is 2. The Morgan fingerprint density at radius 2 is 1.52 bits per heavy atom. The number of rotatable bonds is 1. The molecule has 1 aliphatic heterocycles. The highest BCUT2D eigenvalue weighted by atomic mass is 16.2. The van der Waals surface area contributed by atoms with Crippen LogP contribution < -0.4 is 4.90 Å². The van der Waals surface area contributed by atoms with E-state index in [4.69, 9.17) is 5.26 Å². The van der Waals surface area contributed by atoms with Crippen LogP contribution in [0.4, 0.5) is 5.69 Å². The number of amides is 2. The van der Waals surface area contributed by atoms with Crippen LogP contribution in [0.1, 0.15) is 19.4 Å². The molecule has 114 valence electrons. The van der Waals surface area contributed by atoms with Gasteiger partial charge in [0.05, 0.1) is 29.2 Å². The molecule has 0 spiro atoms. The minimum absolute atomic E-state index is 0.0647. The van der Waals surface area contributed by atoms with Crippen molar-refractivity contribution in [3.05, 3.63) is 53.1 Å². The quantitative estimate of drug-likeness (QED) is 0.592. The third-order valence-electron chi connectivity index (χ3n) is 5.25. The Labute approximate surface area is 134 Å². The molecule has 4 atom stereocenters. The van der Waals surface area contributed by atoms with Crippen LogP contribution in [0.25, 0.3) is 0 Å². The van der Waals surface area contributed by atoms with Crippen LogP contribution in [-0.2, 0) is 9.59 Å². The van der Waals surface area contributed by atoms with Gasteiger partial charge in [-0.25, -0.2) is 4.90 Å².